The van der Waals surface area contributed by atoms with Gasteiger partial charge < -0.3 is 10.1 Å². The summed E-state index contributed by atoms with van der Waals surface area (Å²) >= 11 is 0. The maximum atomic E-state index is 11.7. The minimum absolute atomic E-state index is 0.176. The van der Waals surface area contributed by atoms with E-state index < -0.39 is 8.07 Å². The van der Waals surface area contributed by atoms with Crippen LogP contribution in [0.5, 0.6) is 0 Å². The minimum Gasteiger partial charge on any atom is -0.450 e. The lowest BCUT2D eigenvalue weighted by Crippen LogP contribution is -2.39. The van der Waals surface area contributed by atoms with Gasteiger partial charge in [-0.2, -0.15) is 0 Å². The molecular formula is C15H29NO3Si. The van der Waals surface area contributed by atoms with E-state index >= 15 is 0 Å². The molecule has 1 rings (SSSR count). The topological polar surface area (TPSA) is 55.4 Å². The van der Waals surface area contributed by atoms with E-state index in [0.717, 1.165) is 31.7 Å². The number of carbonyl (C=O) groups is 2. The predicted octanol–water partition coefficient (Wildman–Crippen LogP) is 3.59. The molecule has 0 spiro atoms. The van der Waals surface area contributed by atoms with Gasteiger partial charge in [-0.05, 0) is 31.7 Å². The molecule has 0 atom stereocenters. The molecule has 1 aliphatic rings. The van der Waals surface area contributed by atoms with Gasteiger partial charge in [0.25, 0.3) is 0 Å². The van der Waals surface area contributed by atoms with Crippen molar-refractivity contribution in [3.63, 3.8) is 0 Å². The average Bonchev–Trinajstić information content (AvgIpc) is 2.37. The smallest absolute Gasteiger partial charge is 0.407 e. The summed E-state index contributed by atoms with van der Waals surface area (Å²) in [4.78, 5) is 23.3. The van der Waals surface area contributed by atoms with Crippen LogP contribution in [0.2, 0.25) is 25.7 Å². The number of ketones is 1. The number of alkyl carbamates (subject to hydrolysis) is 1. The molecule has 0 aromatic heterocycles. The summed E-state index contributed by atoms with van der Waals surface area (Å²) < 4.78 is 5.23. The minimum atomic E-state index is -1.14. The SMILES string of the molecule is CCC(=O)C1CCC(NC(=O)OCC[Si](C)(C)C)CC1. The zero-order chi connectivity index (χ0) is 15.2. The Morgan fingerprint density at radius 2 is 1.75 bits per heavy atom. The van der Waals surface area contributed by atoms with Crippen LogP contribution in [0, 0.1) is 5.92 Å². The Morgan fingerprint density at radius 1 is 1.15 bits per heavy atom. The van der Waals surface area contributed by atoms with Crippen molar-refractivity contribution in [3.8, 4) is 0 Å². The second-order valence-electron chi connectivity index (χ2n) is 6.96. The molecule has 0 saturated heterocycles. The monoisotopic (exact) mass is 299 g/mol. The Kier molecular flexibility index (Phi) is 6.72. The molecule has 20 heavy (non-hydrogen) atoms. The molecular weight excluding hydrogens is 270 g/mol. The van der Waals surface area contributed by atoms with Crippen LogP contribution in [0.3, 0.4) is 0 Å². The molecule has 4 nitrogen and oxygen atoms in total. The van der Waals surface area contributed by atoms with Gasteiger partial charge in [-0.15, -0.1) is 0 Å². The molecule has 0 bridgehead atoms. The Bertz CT molecular complexity index is 331. The highest BCUT2D eigenvalue weighted by Gasteiger charge is 2.26. The van der Waals surface area contributed by atoms with Crippen molar-refractivity contribution in [1.82, 2.24) is 5.32 Å². The Morgan fingerprint density at radius 3 is 2.25 bits per heavy atom. The third-order valence-corrected chi connectivity index (χ3v) is 5.64. The van der Waals surface area contributed by atoms with Crippen molar-refractivity contribution < 1.29 is 14.3 Å². The number of hydrogen-bond donors (Lipinski definition) is 1. The second-order valence-corrected chi connectivity index (χ2v) is 12.6. The first-order chi connectivity index (χ1) is 9.31. The fraction of sp³-hybridized carbons (Fsp3) is 0.867. The number of nitrogens with one attached hydrogen (secondary N) is 1. The van der Waals surface area contributed by atoms with Crippen LogP contribution < -0.4 is 5.32 Å². The molecule has 1 saturated carbocycles. The summed E-state index contributed by atoms with van der Waals surface area (Å²) in [5.74, 6) is 0.571. The summed E-state index contributed by atoms with van der Waals surface area (Å²) in [6, 6.07) is 1.17. The number of amides is 1. The molecule has 0 aliphatic heterocycles. The molecule has 1 fully saturated rings. The third-order valence-electron chi connectivity index (χ3n) is 3.94. The summed E-state index contributed by atoms with van der Waals surface area (Å²) in [6.45, 7) is 9.23. The summed E-state index contributed by atoms with van der Waals surface area (Å²) in [7, 11) is -1.14. The molecule has 0 radical (unpaired) electrons. The number of rotatable bonds is 6. The van der Waals surface area contributed by atoms with Gasteiger partial charge in [0.1, 0.15) is 5.78 Å². The van der Waals surface area contributed by atoms with Crippen molar-refractivity contribution in [2.75, 3.05) is 6.61 Å². The summed E-state index contributed by atoms with van der Waals surface area (Å²) in [5, 5.41) is 2.93. The van der Waals surface area contributed by atoms with Crippen molar-refractivity contribution in [3.05, 3.63) is 0 Å². The van der Waals surface area contributed by atoms with Gasteiger partial charge in [-0.1, -0.05) is 26.6 Å². The van der Waals surface area contributed by atoms with Gasteiger partial charge in [0.2, 0.25) is 0 Å². The molecule has 1 aliphatic carbocycles. The quantitative estimate of drug-likeness (QED) is 0.763. The van der Waals surface area contributed by atoms with E-state index in [1.54, 1.807) is 0 Å². The highest BCUT2D eigenvalue weighted by molar-refractivity contribution is 6.76. The first-order valence-corrected chi connectivity index (χ1v) is 11.5. The Balaban J connectivity index is 2.20. The molecule has 1 amide bonds. The molecule has 0 aromatic carbocycles. The Labute approximate surface area is 123 Å². The van der Waals surface area contributed by atoms with Crippen molar-refractivity contribution >= 4 is 20.0 Å². The normalized spacial score (nSPS) is 23.2. The number of carbonyl (C=O) groups excluding carboxylic acids is 2. The standard InChI is InChI=1S/C15H29NO3Si/c1-5-14(17)12-6-8-13(9-7-12)16-15(18)19-10-11-20(2,3)4/h12-13H,5-11H2,1-4H3,(H,16,18). The highest BCUT2D eigenvalue weighted by Crippen LogP contribution is 2.25. The lowest BCUT2D eigenvalue weighted by atomic mass is 9.83. The second kappa shape index (κ2) is 7.81. The van der Waals surface area contributed by atoms with E-state index in [-0.39, 0.29) is 18.1 Å². The Hall–Kier alpha value is -0.843. The fourth-order valence-corrected chi connectivity index (χ4v) is 3.22. The number of hydrogen-bond acceptors (Lipinski definition) is 3. The van der Waals surface area contributed by atoms with E-state index in [9.17, 15) is 9.59 Å². The van der Waals surface area contributed by atoms with E-state index in [0.29, 0.717) is 18.8 Å². The van der Waals surface area contributed by atoms with Crippen LogP contribution in [0.1, 0.15) is 39.0 Å². The maximum Gasteiger partial charge on any atom is 0.407 e. The lowest BCUT2D eigenvalue weighted by molar-refractivity contribution is -0.123. The molecule has 116 valence electrons. The summed E-state index contributed by atoms with van der Waals surface area (Å²) in [6.07, 6.45) is 3.90. The fourth-order valence-electron chi connectivity index (χ4n) is 2.51. The molecule has 0 heterocycles. The average molecular weight is 299 g/mol. The van der Waals surface area contributed by atoms with Crippen LogP contribution >= 0.6 is 0 Å². The largest absolute Gasteiger partial charge is 0.450 e. The predicted molar refractivity (Wildman–Crippen MR) is 83.7 cm³/mol. The number of ether oxygens (including phenoxy) is 1. The van der Waals surface area contributed by atoms with Gasteiger partial charge in [-0.3, -0.25) is 4.79 Å². The van der Waals surface area contributed by atoms with E-state index in [2.05, 4.69) is 25.0 Å². The van der Waals surface area contributed by atoms with Gasteiger partial charge in [0.05, 0.1) is 6.61 Å². The number of Topliss-reactive ketones (excluding diaryl/α,β-unsaturated/α-hetero) is 1. The van der Waals surface area contributed by atoms with Crippen molar-refractivity contribution in [2.45, 2.75) is 70.8 Å². The van der Waals surface area contributed by atoms with Crippen LogP contribution in [0.15, 0.2) is 0 Å². The van der Waals surface area contributed by atoms with Crippen LogP contribution in [0.25, 0.3) is 0 Å². The molecule has 0 aromatic rings. The zero-order valence-electron chi connectivity index (χ0n) is 13.3. The van der Waals surface area contributed by atoms with Crippen molar-refractivity contribution in [2.24, 2.45) is 5.92 Å². The summed E-state index contributed by atoms with van der Waals surface area (Å²) in [5.41, 5.74) is 0. The molecule has 0 unspecified atom stereocenters. The maximum absolute atomic E-state index is 11.7. The molecule has 5 heteroatoms. The van der Waals surface area contributed by atoms with Crippen molar-refractivity contribution in [1.29, 1.82) is 0 Å². The van der Waals surface area contributed by atoms with Gasteiger partial charge in [0, 0.05) is 26.5 Å². The van der Waals surface area contributed by atoms with Crippen LogP contribution in [0.4, 0.5) is 4.79 Å². The first kappa shape index (κ1) is 17.2. The third kappa shape index (κ3) is 6.55. The lowest BCUT2D eigenvalue weighted by Gasteiger charge is -2.28. The first-order valence-electron chi connectivity index (χ1n) is 7.78. The van der Waals surface area contributed by atoms with E-state index in [1.165, 1.54) is 0 Å². The highest BCUT2D eigenvalue weighted by atomic mass is 28.3. The van der Waals surface area contributed by atoms with Crippen LogP contribution in [-0.4, -0.2) is 32.6 Å². The van der Waals surface area contributed by atoms with E-state index in [4.69, 9.17) is 4.74 Å². The van der Waals surface area contributed by atoms with Gasteiger partial charge in [0.15, 0.2) is 0 Å². The van der Waals surface area contributed by atoms with E-state index in [1.807, 2.05) is 6.92 Å². The van der Waals surface area contributed by atoms with Gasteiger partial charge >= 0.3 is 6.09 Å². The zero-order valence-corrected chi connectivity index (χ0v) is 14.3. The molecule has 1 N–H and O–H groups in total. The van der Waals surface area contributed by atoms with Crippen LogP contribution in [-0.2, 0) is 9.53 Å². The van der Waals surface area contributed by atoms with Gasteiger partial charge in [-0.25, -0.2) is 4.79 Å².